The van der Waals surface area contributed by atoms with E-state index in [-0.39, 0.29) is 0 Å². The number of likely N-dealkylation sites (N-methyl/N-ethyl adjacent to an activating group) is 1. The largest absolute Gasteiger partial charge is 0.480 e. The van der Waals surface area contributed by atoms with Crippen LogP contribution in [0.1, 0.15) is 19.8 Å². The fourth-order valence-corrected chi connectivity index (χ4v) is 1.64. The second-order valence-electron chi connectivity index (χ2n) is 3.87. The van der Waals surface area contributed by atoms with Crippen molar-refractivity contribution in [1.29, 1.82) is 0 Å². The van der Waals surface area contributed by atoms with Crippen LogP contribution in [0, 0.1) is 0 Å². The van der Waals surface area contributed by atoms with E-state index in [1.54, 1.807) is 14.0 Å². The third kappa shape index (κ3) is 2.42. The quantitative estimate of drug-likeness (QED) is 0.656. The van der Waals surface area contributed by atoms with Gasteiger partial charge in [0.1, 0.15) is 5.54 Å². The third-order valence-electron chi connectivity index (χ3n) is 2.76. The van der Waals surface area contributed by atoms with Crippen LogP contribution in [0.25, 0.3) is 0 Å². The Kier molecular flexibility index (Phi) is 3.27. The van der Waals surface area contributed by atoms with Crippen molar-refractivity contribution in [1.82, 2.24) is 10.2 Å². The van der Waals surface area contributed by atoms with Crippen molar-refractivity contribution in [3.8, 4) is 0 Å². The lowest BCUT2D eigenvalue weighted by Crippen LogP contribution is -2.55. The first kappa shape index (κ1) is 10.5. The van der Waals surface area contributed by atoms with Crippen molar-refractivity contribution in [3.05, 3.63) is 0 Å². The SMILES string of the molecule is CNC(C)(CN1CCCC1)C(=O)O. The predicted octanol–water partition coefficient (Wildman–Crippen LogP) is 0.145. The molecular formula is C9H18N2O2. The number of hydrogen-bond donors (Lipinski definition) is 2. The second kappa shape index (κ2) is 4.07. The highest BCUT2D eigenvalue weighted by atomic mass is 16.4. The van der Waals surface area contributed by atoms with Gasteiger partial charge in [0.25, 0.3) is 0 Å². The van der Waals surface area contributed by atoms with Crippen molar-refractivity contribution in [2.75, 3.05) is 26.7 Å². The standard InChI is InChI=1S/C9H18N2O2/c1-9(10-2,8(12)13)7-11-5-3-4-6-11/h10H,3-7H2,1-2H3,(H,12,13). The van der Waals surface area contributed by atoms with Gasteiger partial charge < -0.3 is 15.3 Å². The van der Waals surface area contributed by atoms with Crippen molar-refractivity contribution < 1.29 is 9.90 Å². The number of hydrogen-bond acceptors (Lipinski definition) is 3. The molecule has 0 saturated carbocycles. The minimum absolute atomic E-state index is 0.596. The molecule has 1 unspecified atom stereocenters. The van der Waals surface area contributed by atoms with E-state index in [0.717, 1.165) is 13.1 Å². The minimum Gasteiger partial charge on any atom is -0.480 e. The van der Waals surface area contributed by atoms with Crippen molar-refractivity contribution in [2.45, 2.75) is 25.3 Å². The highest BCUT2D eigenvalue weighted by molar-refractivity contribution is 5.78. The van der Waals surface area contributed by atoms with E-state index in [9.17, 15) is 4.79 Å². The van der Waals surface area contributed by atoms with E-state index in [1.807, 2.05) is 0 Å². The summed E-state index contributed by atoms with van der Waals surface area (Å²) in [4.78, 5) is 13.1. The van der Waals surface area contributed by atoms with Crippen LogP contribution < -0.4 is 5.32 Å². The summed E-state index contributed by atoms with van der Waals surface area (Å²) in [6.45, 7) is 4.39. The zero-order valence-corrected chi connectivity index (χ0v) is 8.34. The normalized spacial score (nSPS) is 22.9. The van der Waals surface area contributed by atoms with Crippen LogP contribution in [0.5, 0.6) is 0 Å². The van der Waals surface area contributed by atoms with Gasteiger partial charge in [0.05, 0.1) is 0 Å². The number of likely N-dealkylation sites (tertiary alicyclic amines) is 1. The predicted molar refractivity (Wildman–Crippen MR) is 50.8 cm³/mol. The Morgan fingerprint density at radius 2 is 2.08 bits per heavy atom. The molecule has 0 amide bonds. The van der Waals surface area contributed by atoms with Crippen LogP contribution in [0.2, 0.25) is 0 Å². The van der Waals surface area contributed by atoms with Gasteiger partial charge in [-0.15, -0.1) is 0 Å². The fraction of sp³-hybridized carbons (Fsp3) is 0.889. The summed E-state index contributed by atoms with van der Waals surface area (Å²) in [6.07, 6.45) is 2.39. The lowest BCUT2D eigenvalue weighted by molar-refractivity contribution is -0.144. The Morgan fingerprint density at radius 1 is 1.54 bits per heavy atom. The first-order valence-corrected chi connectivity index (χ1v) is 4.73. The molecule has 1 aliphatic heterocycles. The maximum absolute atomic E-state index is 11.0. The molecule has 4 heteroatoms. The van der Waals surface area contributed by atoms with Crippen LogP contribution >= 0.6 is 0 Å². The average molecular weight is 186 g/mol. The molecule has 0 aliphatic carbocycles. The number of nitrogens with one attached hydrogen (secondary N) is 1. The Morgan fingerprint density at radius 3 is 2.46 bits per heavy atom. The lowest BCUT2D eigenvalue weighted by atomic mass is 10.0. The fourth-order valence-electron chi connectivity index (χ4n) is 1.64. The van der Waals surface area contributed by atoms with Crippen LogP contribution in [0.3, 0.4) is 0 Å². The molecule has 0 aromatic carbocycles. The van der Waals surface area contributed by atoms with E-state index < -0.39 is 11.5 Å². The number of carbonyl (C=O) groups is 1. The maximum Gasteiger partial charge on any atom is 0.324 e. The smallest absolute Gasteiger partial charge is 0.324 e. The van der Waals surface area contributed by atoms with Crippen LogP contribution in [-0.2, 0) is 4.79 Å². The van der Waals surface area contributed by atoms with Crippen molar-refractivity contribution in [2.24, 2.45) is 0 Å². The Bertz CT molecular complexity index is 190. The topological polar surface area (TPSA) is 52.6 Å². The number of carboxylic acid groups (broad SMARTS) is 1. The monoisotopic (exact) mass is 186 g/mol. The molecule has 1 rings (SSSR count). The van der Waals surface area contributed by atoms with Crippen LogP contribution in [0.4, 0.5) is 0 Å². The molecule has 0 spiro atoms. The number of carboxylic acids is 1. The third-order valence-corrected chi connectivity index (χ3v) is 2.76. The summed E-state index contributed by atoms with van der Waals surface area (Å²) in [5, 5.41) is 11.9. The molecule has 0 bridgehead atoms. The number of aliphatic carboxylic acids is 1. The Balaban J connectivity index is 2.51. The first-order chi connectivity index (χ1) is 6.08. The van der Waals surface area contributed by atoms with E-state index in [0.29, 0.717) is 6.54 Å². The van der Waals surface area contributed by atoms with E-state index in [2.05, 4.69) is 10.2 Å². The lowest BCUT2D eigenvalue weighted by Gasteiger charge is -2.29. The van der Waals surface area contributed by atoms with E-state index in [1.165, 1.54) is 12.8 Å². The highest BCUT2D eigenvalue weighted by Gasteiger charge is 2.33. The minimum atomic E-state index is -0.801. The molecule has 13 heavy (non-hydrogen) atoms. The van der Waals surface area contributed by atoms with Gasteiger partial charge in [-0.25, -0.2) is 0 Å². The first-order valence-electron chi connectivity index (χ1n) is 4.73. The summed E-state index contributed by atoms with van der Waals surface area (Å²) in [5.74, 6) is -0.776. The summed E-state index contributed by atoms with van der Waals surface area (Å²) < 4.78 is 0. The molecule has 0 aromatic rings. The summed E-state index contributed by atoms with van der Waals surface area (Å²) in [6, 6.07) is 0. The molecule has 1 heterocycles. The molecule has 0 aromatic heterocycles. The van der Waals surface area contributed by atoms with Gasteiger partial charge in [-0.3, -0.25) is 4.79 Å². The molecule has 4 nitrogen and oxygen atoms in total. The Labute approximate surface area is 78.9 Å². The molecule has 1 atom stereocenters. The average Bonchev–Trinajstić information content (AvgIpc) is 2.56. The van der Waals surface area contributed by atoms with Gasteiger partial charge in [-0.05, 0) is 39.9 Å². The molecule has 1 saturated heterocycles. The van der Waals surface area contributed by atoms with Gasteiger partial charge in [-0.2, -0.15) is 0 Å². The molecule has 2 N–H and O–H groups in total. The zero-order chi connectivity index (χ0) is 9.90. The zero-order valence-electron chi connectivity index (χ0n) is 8.34. The van der Waals surface area contributed by atoms with Crippen LogP contribution in [0.15, 0.2) is 0 Å². The van der Waals surface area contributed by atoms with Crippen molar-refractivity contribution >= 4 is 5.97 Å². The van der Waals surface area contributed by atoms with Gasteiger partial charge >= 0.3 is 5.97 Å². The maximum atomic E-state index is 11.0. The molecule has 0 radical (unpaired) electrons. The molecular weight excluding hydrogens is 168 g/mol. The van der Waals surface area contributed by atoms with Crippen molar-refractivity contribution in [3.63, 3.8) is 0 Å². The highest BCUT2D eigenvalue weighted by Crippen LogP contribution is 2.13. The van der Waals surface area contributed by atoms with Gasteiger partial charge in [0.15, 0.2) is 0 Å². The molecule has 1 fully saturated rings. The summed E-state index contributed by atoms with van der Waals surface area (Å²) in [5.41, 5.74) is -0.801. The second-order valence-corrected chi connectivity index (χ2v) is 3.87. The summed E-state index contributed by atoms with van der Waals surface area (Å²) >= 11 is 0. The van der Waals surface area contributed by atoms with Gasteiger partial charge in [-0.1, -0.05) is 0 Å². The number of rotatable bonds is 4. The van der Waals surface area contributed by atoms with Crippen LogP contribution in [-0.4, -0.2) is 48.2 Å². The molecule has 1 aliphatic rings. The summed E-state index contributed by atoms with van der Waals surface area (Å²) in [7, 11) is 1.70. The number of nitrogens with zero attached hydrogens (tertiary/aromatic N) is 1. The van der Waals surface area contributed by atoms with Gasteiger partial charge in [0, 0.05) is 6.54 Å². The molecule has 76 valence electrons. The Hall–Kier alpha value is -0.610. The van der Waals surface area contributed by atoms with E-state index >= 15 is 0 Å². The van der Waals surface area contributed by atoms with E-state index in [4.69, 9.17) is 5.11 Å². The van der Waals surface area contributed by atoms with Gasteiger partial charge in [0.2, 0.25) is 0 Å².